The number of hydrogen-bond donors (Lipinski definition) is 1. The van der Waals surface area contributed by atoms with E-state index in [1.54, 1.807) is 0 Å². The Morgan fingerprint density at radius 1 is 1.15 bits per heavy atom. The quantitative estimate of drug-likeness (QED) is 0.302. The van der Waals surface area contributed by atoms with E-state index in [0.29, 0.717) is 6.61 Å². The summed E-state index contributed by atoms with van der Waals surface area (Å²) in [5.74, 6) is 7.35. The van der Waals surface area contributed by atoms with Gasteiger partial charge in [0.25, 0.3) is 0 Å². The number of rotatable bonds is 9. The highest BCUT2D eigenvalue weighted by molar-refractivity contribution is 5.66. The molecule has 34 heavy (non-hydrogen) atoms. The molecule has 0 radical (unpaired) electrons. The van der Waals surface area contributed by atoms with Crippen LogP contribution in [-0.2, 0) is 6.61 Å². The van der Waals surface area contributed by atoms with Gasteiger partial charge in [0, 0.05) is 5.92 Å². The van der Waals surface area contributed by atoms with Crippen molar-refractivity contribution in [1.29, 1.82) is 0 Å². The predicted octanol–water partition coefficient (Wildman–Crippen LogP) is 8.46. The van der Waals surface area contributed by atoms with Crippen molar-refractivity contribution in [3.63, 3.8) is 0 Å². The van der Waals surface area contributed by atoms with Gasteiger partial charge in [0.2, 0.25) is 0 Å². The van der Waals surface area contributed by atoms with Crippen LogP contribution in [-0.4, -0.2) is 11.2 Å². The van der Waals surface area contributed by atoms with Gasteiger partial charge in [-0.25, -0.2) is 0 Å². The van der Waals surface area contributed by atoms with Gasteiger partial charge in [0.15, 0.2) is 0 Å². The van der Waals surface area contributed by atoms with Gasteiger partial charge >= 0.3 is 0 Å². The van der Waals surface area contributed by atoms with E-state index >= 15 is 0 Å². The highest BCUT2D eigenvalue weighted by atomic mass is 16.5. The summed E-state index contributed by atoms with van der Waals surface area (Å²) in [7, 11) is 0. The molecule has 2 unspecified atom stereocenters. The molecule has 0 saturated heterocycles. The molecule has 0 amide bonds. The molecule has 1 aliphatic rings. The lowest BCUT2D eigenvalue weighted by atomic mass is 9.91. The predicted molar refractivity (Wildman–Crippen MR) is 146 cm³/mol. The van der Waals surface area contributed by atoms with Crippen molar-refractivity contribution in [2.45, 2.75) is 91.3 Å². The van der Waals surface area contributed by atoms with Gasteiger partial charge in [0.05, 0.1) is 6.10 Å². The molecule has 0 fully saturated rings. The van der Waals surface area contributed by atoms with Crippen LogP contribution in [0, 0.1) is 11.8 Å². The summed E-state index contributed by atoms with van der Waals surface area (Å²) >= 11 is 0. The van der Waals surface area contributed by atoms with Crippen molar-refractivity contribution in [3.05, 3.63) is 83.4 Å². The molecule has 0 spiro atoms. The Hall–Kier alpha value is -2.76. The van der Waals surface area contributed by atoms with Gasteiger partial charge in [-0.2, -0.15) is 0 Å². The van der Waals surface area contributed by atoms with Crippen molar-refractivity contribution in [3.8, 4) is 17.6 Å². The molecule has 3 rings (SSSR count). The van der Waals surface area contributed by atoms with Crippen LogP contribution in [0.5, 0.6) is 5.75 Å². The first-order chi connectivity index (χ1) is 16.5. The third-order valence-electron chi connectivity index (χ3n) is 5.95. The number of allylic oxidation sites excluding steroid dienone is 2. The first-order valence-electron chi connectivity index (χ1n) is 12.7. The van der Waals surface area contributed by atoms with Crippen molar-refractivity contribution >= 4 is 5.57 Å². The number of hydrogen-bond acceptors (Lipinski definition) is 2. The Bertz CT molecular complexity index is 970. The van der Waals surface area contributed by atoms with Crippen LogP contribution in [0.25, 0.3) is 5.57 Å². The highest BCUT2D eigenvalue weighted by Gasteiger charge is 2.13. The summed E-state index contributed by atoms with van der Waals surface area (Å²) in [6.45, 7) is 12.9. The second-order valence-electron chi connectivity index (χ2n) is 9.18. The lowest BCUT2D eigenvalue weighted by Gasteiger charge is -2.18. The third kappa shape index (κ3) is 9.62. The van der Waals surface area contributed by atoms with E-state index in [4.69, 9.17) is 4.74 Å². The third-order valence-corrected chi connectivity index (χ3v) is 5.95. The van der Waals surface area contributed by atoms with Crippen LogP contribution in [0.4, 0.5) is 0 Å². The second-order valence-corrected chi connectivity index (χ2v) is 9.18. The highest BCUT2D eigenvalue weighted by Crippen LogP contribution is 2.28. The fourth-order valence-corrected chi connectivity index (χ4v) is 4.03. The molecule has 2 atom stereocenters. The zero-order valence-corrected chi connectivity index (χ0v) is 21.6. The van der Waals surface area contributed by atoms with E-state index < -0.39 is 0 Å². The first kappa shape index (κ1) is 27.5. The molecule has 2 aromatic carbocycles. The minimum Gasteiger partial charge on any atom is -0.489 e. The molecule has 1 aliphatic carbocycles. The number of unbranched alkanes of at least 4 members (excludes halogenated alkanes) is 2. The van der Waals surface area contributed by atoms with Crippen LogP contribution in [0.15, 0.2) is 66.8 Å². The Morgan fingerprint density at radius 3 is 2.44 bits per heavy atom. The van der Waals surface area contributed by atoms with Crippen LogP contribution < -0.4 is 4.74 Å². The minimum absolute atomic E-state index is 0.186. The average Bonchev–Trinajstić information content (AvgIpc) is 2.84. The lowest BCUT2D eigenvalue weighted by Crippen LogP contribution is -2.09. The van der Waals surface area contributed by atoms with E-state index in [-0.39, 0.29) is 12.0 Å². The summed E-state index contributed by atoms with van der Waals surface area (Å²) < 4.78 is 6.01. The number of benzene rings is 2. The maximum Gasteiger partial charge on any atom is 0.119 e. The molecule has 0 bridgehead atoms. The molecule has 0 aliphatic heterocycles. The monoisotopic (exact) mass is 458 g/mol. The summed E-state index contributed by atoms with van der Waals surface area (Å²) in [6, 6.07) is 16.7. The summed E-state index contributed by atoms with van der Waals surface area (Å²) in [5.41, 5.74) is 6.04. The Morgan fingerprint density at radius 2 is 1.88 bits per heavy atom. The number of aliphatic hydroxyl groups excluding tert-OH is 1. The smallest absolute Gasteiger partial charge is 0.119 e. The second kappa shape index (κ2) is 15.2. The Kier molecular flexibility index (Phi) is 12.3. The molecular weight excluding hydrogens is 416 g/mol. The van der Waals surface area contributed by atoms with Crippen molar-refractivity contribution in [2.24, 2.45) is 0 Å². The van der Waals surface area contributed by atoms with Crippen LogP contribution in [0.1, 0.15) is 95.2 Å². The topological polar surface area (TPSA) is 29.5 Å². The van der Waals surface area contributed by atoms with E-state index in [0.717, 1.165) is 42.6 Å². The summed E-state index contributed by atoms with van der Waals surface area (Å²) in [6.07, 6.45) is 9.44. The van der Waals surface area contributed by atoms with E-state index in [9.17, 15) is 5.11 Å². The number of ether oxygens (including phenoxy) is 1. The molecule has 0 saturated carbocycles. The Balaban J connectivity index is 0.000000739. The minimum atomic E-state index is -0.188. The molecule has 0 heterocycles. The summed E-state index contributed by atoms with van der Waals surface area (Å²) in [5, 5.41) is 9.69. The van der Waals surface area contributed by atoms with Crippen molar-refractivity contribution in [2.75, 3.05) is 0 Å². The molecule has 0 aromatic heterocycles. The van der Waals surface area contributed by atoms with Crippen LogP contribution in [0.3, 0.4) is 0 Å². The molecule has 1 N–H and O–H groups in total. The first-order valence-corrected chi connectivity index (χ1v) is 12.7. The molecule has 2 heteroatoms. The number of aliphatic hydroxyl groups is 1. The van der Waals surface area contributed by atoms with Gasteiger partial charge in [-0.3, -0.25) is 0 Å². The Labute approximate surface area is 207 Å². The van der Waals surface area contributed by atoms with Gasteiger partial charge in [-0.05, 0) is 80.0 Å². The average molecular weight is 459 g/mol. The van der Waals surface area contributed by atoms with E-state index in [1.165, 1.54) is 36.0 Å². The van der Waals surface area contributed by atoms with Crippen LogP contribution >= 0.6 is 0 Å². The zero-order valence-electron chi connectivity index (χ0n) is 21.6. The van der Waals surface area contributed by atoms with E-state index in [2.05, 4.69) is 74.7 Å². The van der Waals surface area contributed by atoms with Gasteiger partial charge in [-0.1, -0.05) is 81.0 Å². The maximum absolute atomic E-state index is 9.69. The largest absolute Gasteiger partial charge is 0.489 e. The molecule has 182 valence electrons. The lowest BCUT2D eigenvalue weighted by molar-refractivity contribution is 0.166. The van der Waals surface area contributed by atoms with Crippen molar-refractivity contribution in [1.82, 2.24) is 0 Å². The SMILES string of the molecule is C=C(C)CC(C#CC)c1ccc(OCc2cccc(C3=CCC(O)CC3)c2)cc1.CCCCC. The molecule has 2 aromatic rings. The fourth-order valence-electron chi connectivity index (χ4n) is 4.03. The summed E-state index contributed by atoms with van der Waals surface area (Å²) in [4.78, 5) is 0. The fraction of sp³-hybridized carbons (Fsp3) is 0.438. The van der Waals surface area contributed by atoms with Crippen LogP contribution in [0.2, 0.25) is 0 Å². The molecular formula is C32H42O2. The molecule has 2 nitrogen and oxygen atoms in total. The standard InChI is InChI=1S/C27H30O2.C5H12/c1-4-6-24(17-20(2)3)23-11-15-27(16-12-23)29-19-21-7-5-8-25(18-21)22-9-13-26(28)14-10-22;1-3-5-4-2/h5,7-9,11-12,15-16,18,24,26,28H,2,10,13-14,17,19H2,1,3H3;3-5H2,1-2H3. The normalized spacial score (nSPS) is 15.7. The van der Waals surface area contributed by atoms with E-state index in [1.807, 2.05) is 26.0 Å². The van der Waals surface area contributed by atoms with Gasteiger partial charge in [0.1, 0.15) is 12.4 Å². The maximum atomic E-state index is 9.69. The zero-order chi connectivity index (χ0) is 24.8. The van der Waals surface area contributed by atoms with Crippen molar-refractivity contribution < 1.29 is 9.84 Å². The van der Waals surface area contributed by atoms with Gasteiger partial charge in [-0.15, -0.1) is 12.5 Å². The van der Waals surface area contributed by atoms with Gasteiger partial charge < -0.3 is 9.84 Å².